The third-order valence-corrected chi connectivity index (χ3v) is 4.49. The van der Waals surface area contributed by atoms with E-state index in [0.29, 0.717) is 11.1 Å². The molecule has 1 aliphatic carbocycles. The van der Waals surface area contributed by atoms with E-state index in [1.165, 1.54) is 6.07 Å². The highest BCUT2D eigenvalue weighted by molar-refractivity contribution is 5.99. The summed E-state index contributed by atoms with van der Waals surface area (Å²) in [4.78, 5) is 12.0. The van der Waals surface area contributed by atoms with Crippen LogP contribution in [0.3, 0.4) is 0 Å². The van der Waals surface area contributed by atoms with Crippen molar-refractivity contribution < 1.29 is 39.8 Å². The van der Waals surface area contributed by atoms with E-state index in [2.05, 4.69) is 0 Å². The Hall–Kier alpha value is -1.55. The zero-order valence-corrected chi connectivity index (χ0v) is 12.8. The molecule has 1 aliphatic heterocycles. The summed E-state index contributed by atoms with van der Waals surface area (Å²) in [5, 5.41) is 48.9. The van der Waals surface area contributed by atoms with Crippen LogP contribution in [0.4, 0.5) is 0 Å². The van der Waals surface area contributed by atoms with Gasteiger partial charge in [0.15, 0.2) is 12.1 Å². The van der Waals surface area contributed by atoms with Gasteiger partial charge in [-0.15, -0.1) is 0 Å². The molecule has 1 aromatic rings. The van der Waals surface area contributed by atoms with Gasteiger partial charge in [0.1, 0.15) is 30.2 Å². The molecule has 24 heavy (non-hydrogen) atoms. The second-order valence-corrected chi connectivity index (χ2v) is 6.02. The zero-order valence-electron chi connectivity index (χ0n) is 12.8. The standard InChI is InChI=1S/C16H20O8/c17-6-11-13(20)14(21)15(22)16(24-11)23-10-5-4-8(18)7-2-1-3-9(19)12(7)10/h1-3,10-11,13-17,19-22H,4-6H2. The number of hydrogen-bond acceptors (Lipinski definition) is 8. The Morgan fingerprint density at radius 2 is 1.92 bits per heavy atom. The number of phenolic OH excluding ortho intramolecular Hbond substituents is 1. The maximum atomic E-state index is 12.0. The first-order chi connectivity index (χ1) is 11.4. The van der Waals surface area contributed by atoms with Crippen molar-refractivity contribution in [2.75, 3.05) is 6.61 Å². The molecule has 5 N–H and O–H groups in total. The van der Waals surface area contributed by atoms with E-state index < -0.39 is 43.4 Å². The predicted octanol–water partition coefficient (Wildman–Crippen LogP) is -0.774. The quantitative estimate of drug-likeness (QED) is 0.484. The fourth-order valence-corrected chi connectivity index (χ4v) is 3.15. The summed E-state index contributed by atoms with van der Waals surface area (Å²) in [6, 6.07) is 4.57. The minimum atomic E-state index is -1.55. The van der Waals surface area contributed by atoms with Crippen LogP contribution in [0.1, 0.15) is 34.9 Å². The van der Waals surface area contributed by atoms with Gasteiger partial charge >= 0.3 is 0 Å². The molecule has 0 aromatic heterocycles. The van der Waals surface area contributed by atoms with E-state index >= 15 is 0 Å². The van der Waals surface area contributed by atoms with E-state index in [1.54, 1.807) is 12.1 Å². The molecule has 3 rings (SSSR count). The third kappa shape index (κ3) is 2.92. The Morgan fingerprint density at radius 1 is 1.17 bits per heavy atom. The number of rotatable bonds is 3. The van der Waals surface area contributed by atoms with Crippen molar-refractivity contribution in [2.24, 2.45) is 0 Å². The van der Waals surface area contributed by atoms with Crippen molar-refractivity contribution >= 4 is 5.78 Å². The first-order valence-electron chi connectivity index (χ1n) is 7.75. The van der Waals surface area contributed by atoms with Gasteiger partial charge in [-0.25, -0.2) is 0 Å². The number of fused-ring (bicyclic) bond motifs is 1. The van der Waals surface area contributed by atoms with Crippen molar-refractivity contribution in [1.29, 1.82) is 0 Å². The average molecular weight is 340 g/mol. The summed E-state index contributed by atoms with van der Waals surface area (Å²) in [7, 11) is 0. The van der Waals surface area contributed by atoms with Crippen LogP contribution < -0.4 is 0 Å². The second-order valence-electron chi connectivity index (χ2n) is 6.02. The van der Waals surface area contributed by atoms with Crippen molar-refractivity contribution in [2.45, 2.75) is 49.7 Å². The molecule has 0 amide bonds. The summed E-state index contributed by atoms with van der Waals surface area (Å²) in [5.74, 6) is -0.218. The lowest BCUT2D eigenvalue weighted by atomic mass is 9.87. The number of hydrogen-bond donors (Lipinski definition) is 5. The molecule has 8 nitrogen and oxygen atoms in total. The van der Waals surface area contributed by atoms with Gasteiger partial charge in [0, 0.05) is 17.5 Å². The van der Waals surface area contributed by atoms with Crippen LogP contribution in [-0.4, -0.2) is 68.6 Å². The average Bonchev–Trinajstić information content (AvgIpc) is 2.58. The number of aromatic hydroxyl groups is 1. The minimum absolute atomic E-state index is 0.102. The molecule has 1 fully saturated rings. The normalized spacial score (nSPS) is 36.4. The largest absolute Gasteiger partial charge is 0.508 e. The van der Waals surface area contributed by atoms with E-state index in [9.17, 15) is 30.3 Å². The second kappa shape index (κ2) is 6.75. The maximum Gasteiger partial charge on any atom is 0.187 e. The molecule has 6 unspecified atom stereocenters. The molecule has 0 spiro atoms. The Labute approximate surface area is 137 Å². The van der Waals surface area contributed by atoms with Crippen LogP contribution in [0.5, 0.6) is 5.75 Å². The van der Waals surface area contributed by atoms with E-state index in [4.69, 9.17) is 9.47 Å². The van der Waals surface area contributed by atoms with Gasteiger partial charge in [-0.05, 0) is 12.5 Å². The van der Waals surface area contributed by atoms with Crippen LogP contribution in [0.25, 0.3) is 0 Å². The fraction of sp³-hybridized carbons (Fsp3) is 0.562. The lowest BCUT2D eigenvalue weighted by Gasteiger charge is -2.41. The van der Waals surface area contributed by atoms with Crippen LogP contribution in [-0.2, 0) is 9.47 Å². The molecule has 6 atom stereocenters. The number of Topliss-reactive ketones (excluding diaryl/α,β-unsaturated/α-hetero) is 1. The van der Waals surface area contributed by atoms with Crippen LogP contribution >= 0.6 is 0 Å². The lowest BCUT2D eigenvalue weighted by molar-refractivity contribution is -0.313. The van der Waals surface area contributed by atoms with E-state index in [1.807, 2.05) is 0 Å². The Balaban J connectivity index is 1.84. The highest BCUT2D eigenvalue weighted by Crippen LogP contribution is 2.40. The summed E-state index contributed by atoms with van der Waals surface area (Å²) in [5.41, 5.74) is 0.654. The predicted molar refractivity (Wildman–Crippen MR) is 79.3 cm³/mol. The van der Waals surface area contributed by atoms with Crippen molar-refractivity contribution in [1.82, 2.24) is 0 Å². The molecule has 2 aliphatic rings. The number of carbonyl (C=O) groups is 1. The van der Waals surface area contributed by atoms with Crippen LogP contribution in [0.15, 0.2) is 18.2 Å². The third-order valence-electron chi connectivity index (χ3n) is 4.49. The summed E-state index contributed by atoms with van der Waals surface area (Å²) in [6.07, 6.45) is -7.19. The molecule has 0 saturated carbocycles. The highest BCUT2D eigenvalue weighted by atomic mass is 16.7. The monoisotopic (exact) mass is 340 g/mol. The SMILES string of the molecule is O=C1CCC(OC2OC(CO)C(O)C(O)C2O)c2c(O)cccc21. The molecule has 1 aromatic carbocycles. The number of aliphatic hydroxyl groups is 4. The minimum Gasteiger partial charge on any atom is -0.508 e. The number of phenols is 1. The summed E-state index contributed by atoms with van der Waals surface area (Å²) >= 11 is 0. The van der Waals surface area contributed by atoms with Gasteiger partial charge in [0.05, 0.1) is 12.7 Å². The van der Waals surface area contributed by atoms with E-state index in [-0.39, 0.29) is 24.4 Å². The smallest absolute Gasteiger partial charge is 0.187 e. The summed E-state index contributed by atoms with van der Waals surface area (Å²) in [6.45, 7) is -0.560. The highest BCUT2D eigenvalue weighted by Gasteiger charge is 2.45. The van der Waals surface area contributed by atoms with Crippen LogP contribution in [0, 0.1) is 0 Å². The Morgan fingerprint density at radius 3 is 2.62 bits per heavy atom. The molecule has 0 radical (unpaired) electrons. The summed E-state index contributed by atoms with van der Waals surface area (Å²) < 4.78 is 11.0. The van der Waals surface area contributed by atoms with Crippen molar-refractivity contribution in [3.05, 3.63) is 29.3 Å². The van der Waals surface area contributed by atoms with Gasteiger partial charge in [0.2, 0.25) is 0 Å². The van der Waals surface area contributed by atoms with Crippen LogP contribution in [0.2, 0.25) is 0 Å². The zero-order chi connectivity index (χ0) is 17.4. The number of carbonyl (C=O) groups excluding carboxylic acids is 1. The maximum absolute atomic E-state index is 12.0. The molecular weight excluding hydrogens is 320 g/mol. The topological polar surface area (TPSA) is 137 Å². The molecule has 132 valence electrons. The molecule has 8 heteroatoms. The Bertz CT molecular complexity index is 616. The number of ketones is 1. The van der Waals surface area contributed by atoms with Gasteiger partial charge in [0.25, 0.3) is 0 Å². The Kier molecular flexibility index (Phi) is 4.86. The van der Waals surface area contributed by atoms with Gasteiger partial charge < -0.3 is 35.0 Å². The van der Waals surface area contributed by atoms with Crippen molar-refractivity contribution in [3.63, 3.8) is 0 Å². The number of ether oxygens (including phenoxy) is 2. The number of aliphatic hydroxyl groups excluding tert-OH is 4. The number of benzene rings is 1. The molecular formula is C16H20O8. The van der Waals surface area contributed by atoms with Gasteiger partial charge in [-0.3, -0.25) is 4.79 Å². The van der Waals surface area contributed by atoms with Gasteiger partial charge in [-0.2, -0.15) is 0 Å². The molecule has 1 heterocycles. The molecule has 0 bridgehead atoms. The van der Waals surface area contributed by atoms with Crippen molar-refractivity contribution in [3.8, 4) is 5.75 Å². The fourth-order valence-electron chi connectivity index (χ4n) is 3.15. The first kappa shape index (κ1) is 17.3. The van der Waals surface area contributed by atoms with Gasteiger partial charge in [-0.1, -0.05) is 12.1 Å². The lowest BCUT2D eigenvalue weighted by Crippen LogP contribution is -2.59. The van der Waals surface area contributed by atoms with E-state index in [0.717, 1.165) is 0 Å². The molecule has 1 saturated heterocycles. The first-order valence-corrected chi connectivity index (χ1v) is 7.75.